The molecule has 1 rings (SSSR count). The Bertz CT molecular complexity index is 421. The monoisotopic (exact) mass is 265 g/mol. The molecular formula is C14H23N3O2. The maximum Gasteiger partial charge on any atom is 0.251 e. The Labute approximate surface area is 114 Å². The average Bonchev–Trinajstić information content (AvgIpc) is 2.44. The van der Waals surface area contributed by atoms with Crippen molar-refractivity contribution in [1.82, 2.24) is 10.3 Å². The zero-order valence-electron chi connectivity index (χ0n) is 12.1. The van der Waals surface area contributed by atoms with Gasteiger partial charge in [0.2, 0.25) is 0 Å². The maximum absolute atomic E-state index is 12.1. The Morgan fingerprint density at radius 1 is 1.47 bits per heavy atom. The van der Waals surface area contributed by atoms with Gasteiger partial charge in [0, 0.05) is 32.0 Å². The molecule has 0 spiro atoms. The van der Waals surface area contributed by atoms with Crippen LogP contribution in [0.3, 0.4) is 0 Å². The first-order chi connectivity index (χ1) is 9.10. The van der Waals surface area contributed by atoms with Gasteiger partial charge in [0.25, 0.3) is 5.91 Å². The summed E-state index contributed by atoms with van der Waals surface area (Å²) in [6.07, 6.45) is 1.87. The highest BCUT2D eigenvalue weighted by Gasteiger charge is 2.10. The number of carbonyl (C=O) groups is 1. The minimum absolute atomic E-state index is 0.00432. The summed E-state index contributed by atoms with van der Waals surface area (Å²) in [4.78, 5) is 16.5. The van der Waals surface area contributed by atoms with Gasteiger partial charge in [-0.05, 0) is 25.5 Å². The smallest absolute Gasteiger partial charge is 0.251 e. The van der Waals surface area contributed by atoms with Gasteiger partial charge in [0.15, 0.2) is 0 Å². The molecule has 0 saturated carbocycles. The van der Waals surface area contributed by atoms with Gasteiger partial charge in [0.1, 0.15) is 5.82 Å². The van der Waals surface area contributed by atoms with Crippen molar-refractivity contribution < 1.29 is 9.53 Å². The molecule has 0 radical (unpaired) electrons. The Morgan fingerprint density at radius 2 is 2.21 bits per heavy atom. The molecule has 0 bridgehead atoms. The van der Waals surface area contributed by atoms with Crippen LogP contribution in [0, 0.1) is 0 Å². The fourth-order valence-electron chi connectivity index (χ4n) is 1.65. The third-order valence-electron chi connectivity index (χ3n) is 2.86. The van der Waals surface area contributed by atoms with Gasteiger partial charge in [-0.25, -0.2) is 4.98 Å². The molecule has 106 valence electrons. The summed E-state index contributed by atoms with van der Waals surface area (Å²) in [5.41, 5.74) is 1.56. The number of pyridine rings is 1. The van der Waals surface area contributed by atoms with Crippen LogP contribution in [-0.2, 0) is 11.2 Å². The number of amides is 1. The fraction of sp³-hybridized carbons (Fsp3) is 0.571. The van der Waals surface area contributed by atoms with E-state index in [-0.39, 0.29) is 12.0 Å². The molecule has 1 amide bonds. The topological polar surface area (TPSA) is 63.2 Å². The molecule has 2 N–H and O–H groups in total. The van der Waals surface area contributed by atoms with E-state index in [4.69, 9.17) is 4.74 Å². The summed E-state index contributed by atoms with van der Waals surface area (Å²) < 4.78 is 5.10. The number of nitrogens with one attached hydrogen (secondary N) is 2. The SMILES string of the molecule is CCCc1cc(C(=O)NCC(C)OC)cc(NC)n1. The van der Waals surface area contributed by atoms with Crippen molar-refractivity contribution >= 4 is 11.7 Å². The summed E-state index contributed by atoms with van der Waals surface area (Å²) in [6, 6.07) is 3.60. The van der Waals surface area contributed by atoms with Gasteiger partial charge >= 0.3 is 0 Å². The van der Waals surface area contributed by atoms with E-state index in [1.54, 1.807) is 20.2 Å². The Kier molecular flexibility index (Phi) is 6.29. The second kappa shape index (κ2) is 7.74. The van der Waals surface area contributed by atoms with Crippen molar-refractivity contribution in [2.24, 2.45) is 0 Å². The third-order valence-corrected chi connectivity index (χ3v) is 2.86. The molecule has 1 heterocycles. The largest absolute Gasteiger partial charge is 0.380 e. The van der Waals surface area contributed by atoms with Crippen LogP contribution in [0.25, 0.3) is 0 Å². The molecule has 19 heavy (non-hydrogen) atoms. The minimum atomic E-state index is -0.0971. The van der Waals surface area contributed by atoms with Crippen molar-refractivity contribution in [1.29, 1.82) is 0 Å². The lowest BCUT2D eigenvalue weighted by molar-refractivity contribution is 0.0870. The van der Waals surface area contributed by atoms with Gasteiger partial charge < -0.3 is 15.4 Å². The normalized spacial score (nSPS) is 12.0. The van der Waals surface area contributed by atoms with E-state index >= 15 is 0 Å². The predicted molar refractivity (Wildman–Crippen MR) is 76.6 cm³/mol. The number of carbonyl (C=O) groups excluding carboxylic acids is 1. The number of hydrogen-bond donors (Lipinski definition) is 2. The minimum Gasteiger partial charge on any atom is -0.380 e. The second-order valence-corrected chi connectivity index (χ2v) is 4.49. The number of ether oxygens (including phenoxy) is 1. The van der Waals surface area contributed by atoms with Gasteiger partial charge in [-0.1, -0.05) is 13.3 Å². The molecule has 0 aliphatic rings. The van der Waals surface area contributed by atoms with Crippen molar-refractivity contribution in [3.8, 4) is 0 Å². The number of nitrogens with zero attached hydrogens (tertiary/aromatic N) is 1. The van der Waals surface area contributed by atoms with E-state index in [0.29, 0.717) is 12.1 Å². The molecule has 5 nitrogen and oxygen atoms in total. The lowest BCUT2D eigenvalue weighted by Gasteiger charge is -2.12. The first-order valence-corrected chi connectivity index (χ1v) is 6.60. The summed E-state index contributed by atoms with van der Waals surface area (Å²) in [6.45, 7) is 4.50. The molecule has 0 aliphatic heterocycles. The molecule has 1 aromatic heterocycles. The maximum atomic E-state index is 12.1. The molecule has 1 unspecified atom stereocenters. The zero-order valence-corrected chi connectivity index (χ0v) is 12.1. The van der Waals surface area contributed by atoms with E-state index in [1.807, 2.05) is 13.0 Å². The van der Waals surface area contributed by atoms with Crippen LogP contribution in [0.5, 0.6) is 0 Å². The predicted octanol–water partition coefficient (Wildman–Crippen LogP) is 1.84. The highest BCUT2D eigenvalue weighted by Crippen LogP contribution is 2.11. The molecule has 1 atom stereocenters. The van der Waals surface area contributed by atoms with Crippen LogP contribution in [-0.4, -0.2) is 37.7 Å². The van der Waals surface area contributed by atoms with Gasteiger partial charge in [-0.2, -0.15) is 0 Å². The molecule has 0 aliphatic carbocycles. The highest BCUT2D eigenvalue weighted by molar-refractivity contribution is 5.95. The van der Waals surface area contributed by atoms with Crippen LogP contribution in [0.15, 0.2) is 12.1 Å². The van der Waals surface area contributed by atoms with Crippen LogP contribution in [0.2, 0.25) is 0 Å². The summed E-state index contributed by atoms with van der Waals surface area (Å²) in [5.74, 6) is 0.621. The number of rotatable bonds is 7. The van der Waals surface area contributed by atoms with E-state index in [2.05, 4.69) is 22.5 Å². The van der Waals surface area contributed by atoms with Crippen molar-refractivity contribution in [2.45, 2.75) is 32.8 Å². The quantitative estimate of drug-likeness (QED) is 0.789. The lowest BCUT2D eigenvalue weighted by Crippen LogP contribution is -2.31. The molecular weight excluding hydrogens is 242 g/mol. The van der Waals surface area contributed by atoms with Gasteiger partial charge in [-0.15, -0.1) is 0 Å². The average molecular weight is 265 g/mol. The van der Waals surface area contributed by atoms with Gasteiger partial charge in [0.05, 0.1) is 6.10 Å². The number of anilines is 1. The number of aromatic nitrogens is 1. The van der Waals surface area contributed by atoms with Crippen LogP contribution >= 0.6 is 0 Å². The standard InChI is InChI=1S/C14H23N3O2/c1-5-6-12-7-11(8-13(15-3)17-12)14(18)16-9-10(2)19-4/h7-8,10H,5-6,9H2,1-4H3,(H,15,17)(H,16,18). The second-order valence-electron chi connectivity index (χ2n) is 4.49. The van der Waals surface area contributed by atoms with E-state index in [0.717, 1.165) is 24.4 Å². The Morgan fingerprint density at radius 3 is 2.79 bits per heavy atom. The van der Waals surface area contributed by atoms with Crippen LogP contribution in [0.4, 0.5) is 5.82 Å². The molecule has 5 heteroatoms. The summed E-state index contributed by atoms with van der Waals surface area (Å²) >= 11 is 0. The Hall–Kier alpha value is -1.62. The van der Waals surface area contributed by atoms with E-state index < -0.39 is 0 Å². The number of aryl methyl sites for hydroxylation is 1. The van der Waals surface area contributed by atoms with Crippen LogP contribution in [0.1, 0.15) is 36.3 Å². The summed E-state index contributed by atoms with van der Waals surface area (Å²) in [5, 5.41) is 5.83. The van der Waals surface area contributed by atoms with Crippen molar-refractivity contribution in [2.75, 3.05) is 26.0 Å². The first-order valence-electron chi connectivity index (χ1n) is 6.60. The van der Waals surface area contributed by atoms with Crippen molar-refractivity contribution in [3.05, 3.63) is 23.4 Å². The zero-order chi connectivity index (χ0) is 14.3. The molecule has 1 aromatic rings. The molecule has 0 fully saturated rings. The highest BCUT2D eigenvalue weighted by atomic mass is 16.5. The van der Waals surface area contributed by atoms with Crippen molar-refractivity contribution in [3.63, 3.8) is 0 Å². The first kappa shape index (κ1) is 15.4. The summed E-state index contributed by atoms with van der Waals surface area (Å²) in [7, 11) is 3.43. The third kappa shape index (κ3) is 4.87. The van der Waals surface area contributed by atoms with Gasteiger partial charge in [-0.3, -0.25) is 4.79 Å². The van der Waals surface area contributed by atoms with E-state index in [1.165, 1.54) is 0 Å². The molecule has 0 saturated heterocycles. The Balaban J connectivity index is 2.80. The number of methoxy groups -OCH3 is 1. The lowest BCUT2D eigenvalue weighted by atomic mass is 10.1. The van der Waals surface area contributed by atoms with E-state index in [9.17, 15) is 4.79 Å². The number of hydrogen-bond acceptors (Lipinski definition) is 4. The van der Waals surface area contributed by atoms with Crippen LogP contribution < -0.4 is 10.6 Å². The fourth-order valence-corrected chi connectivity index (χ4v) is 1.65. The molecule has 0 aromatic carbocycles.